The Morgan fingerprint density at radius 2 is 1.88 bits per heavy atom. The van der Waals surface area contributed by atoms with Crippen LogP contribution >= 0.6 is 0 Å². The Morgan fingerprint density at radius 1 is 1.24 bits per heavy atom. The number of nitrogens with two attached hydrogens (primary N) is 1. The number of hydrogen-bond acceptors (Lipinski definition) is 4. The van der Waals surface area contributed by atoms with Gasteiger partial charge in [-0.25, -0.2) is 13.6 Å². The van der Waals surface area contributed by atoms with Crippen LogP contribution in [0, 0.1) is 0 Å². The van der Waals surface area contributed by atoms with Crippen LogP contribution in [0.15, 0.2) is 35.3 Å². The van der Waals surface area contributed by atoms with Crippen molar-refractivity contribution < 1.29 is 13.2 Å². The summed E-state index contributed by atoms with van der Waals surface area (Å²) in [6.45, 7) is 0. The average Bonchev–Trinajstić information content (AvgIpc) is 2.28. The Morgan fingerprint density at radius 3 is 2.53 bits per heavy atom. The molecule has 1 aromatic heterocycles. The zero-order valence-electron chi connectivity index (χ0n) is 8.51. The number of sulfonamides is 1. The fraction of sp³-hybridized carbons (Fsp3) is 0. The van der Waals surface area contributed by atoms with E-state index in [4.69, 9.17) is 5.14 Å². The van der Waals surface area contributed by atoms with E-state index in [1.165, 1.54) is 6.07 Å². The molecule has 0 aliphatic rings. The molecule has 0 amide bonds. The van der Waals surface area contributed by atoms with Crippen molar-refractivity contribution in [1.82, 2.24) is 4.98 Å². The third-order valence-corrected chi connectivity index (χ3v) is 3.00. The summed E-state index contributed by atoms with van der Waals surface area (Å²) in [6, 6.07) is 6.46. The van der Waals surface area contributed by atoms with Gasteiger partial charge in [-0.2, -0.15) is 0 Å². The molecule has 6 nitrogen and oxygen atoms in total. The third-order valence-electron chi connectivity index (χ3n) is 2.27. The smallest absolute Gasteiger partial charge is 0.296 e. The first-order chi connectivity index (χ1) is 7.91. The summed E-state index contributed by atoms with van der Waals surface area (Å²) >= 11 is 0. The van der Waals surface area contributed by atoms with E-state index in [0.29, 0.717) is 5.52 Å². The number of carbonyl (C=O) groups excluding carboxylic acids is 1. The van der Waals surface area contributed by atoms with Crippen molar-refractivity contribution in [1.29, 1.82) is 0 Å². The molecule has 0 spiro atoms. The normalized spacial score (nSPS) is 11.6. The number of fused-ring (bicyclic) bond motifs is 1. The van der Waals surface area contributed by atoms with Gasteiger partial charge in [-0.1, -0.05) is 12.1 Å². The van der Waals surface area contributed by atoms with Crippen molar-refractivity contribution in [2.24, 2.45) is 5.14 Å². The molecular weight excluding hydrogens is 244 g/mol. The minimum absolute atomic E-state index is 0.238. The van der Waals surface area contributed by atoms with E-state index in [2.05, 4.69) is 4.98 Å². The summed E-state index contributed by atoms with van der Waals surface area (Å²) in [5.74, 6) is 0. The van der Waals surface area contributed by atoms with Gasteiger partial charge < -0.3 is 4.98 Å². The van der Waals surface area contributed by atoms with Crippen LogP contribution < -0.4 is 10.6 Å². The highest BCUT2D eigenvalue weighted by molar-refractivity contribution is 8.04. The van der Waals surface area contributed by atoms with E-state index < -0.39 is 26.1 Å². The standard InChI is InChI=1S/C10H8N2O4S/c11-17(15,16)10(14)7-5-12-8-4-2-1-3-6(8)9(7)13/h1-5H,(H,12,13)(H2,11,15,16). The van der Waals surface area contributed by atoms with Crippen LogP contribution in [0.25, 0.3) is 10.9 Å². The van der Waals surface area contributed by atoms with Crippen LogP contribution in [0.2, 0.25) is 0 Å². The fourth-order valence-electron chi connectivity index (χ4n) is 1.47. The van der Waals surface area contributed by atoms with Crippen molar-refractivity contribution in [3.8, 4) is 0 Å². The van der Waals surface area contributed by atoms with Crippen molar-refractivity contribution in [3.63, 3.8) is 0 Å². The van der Waals surface area contributed by atoms with Gasteiger partial charge in [0.2, 0.25) is 5.43 Å². The summed E-state index contributed by atoms with van der Waals surface area (Å²) < 4.78 is 21.8. The molecule has 2 rings (SSSR count). The zero-order chi connectivity index (χ0) is 12.6. The highest BCUT2D eigenvalue weighted by atomic mass is 32.2. The van der Waals surface area contributed by atoms with Crippen LogP contribution in [0.4, 0.5) is 0 Å². The maximum atomic E-state index is 11.9. The molecule has 0 unspecified atom stereocenters. The number of para-hydroxylation sites is 1. The lowest BCUT2D eigenvalue weighted by molar-refractivity contribution is 0.107. The number of benzene rings is 1. The summed E-state index contributed by atoms with van der Waals surface area (Å²) in [7, 11) is -4.41. The summed E-state index contributed by atoms with van der Waals surface area (Å²) in [5, 5.41) is 3.55. The van der Waals surface area contributed by atoms with E-state index in [-0.39, 0.29) is 5.39 Å². The van der Waals surface area contributed by atoms with Gasteiger partial charge in [0.1, 0.15) is 0 Å². The van der Waals surface area contributed by atoms with Crippen molar-refractivity contribution in [3.05, 3.63) is 46.2 Å². The Balaban J connectivity index is 2.79. The van der Waals surface area contributed by atoms with Crippen LogP contribution in [0.1, 0.15) is 10.4 Å². The molecule has 0 atom stereocenters. The zero-order valence-corrected chi connectivity index (χ0v) is 9.32. The Kier molecular flexibility index (Phi) is 2.56. The summed E-state index contributed by atoms with van der Waals surface area (Å²) in [5.41, 5.74) is -0.618. The lowest BCUT2D eigenvalue weighted by Gasteiger charge is -2.00. The topological polar surface area (TPSA) is 110 Å². The molecule has 88 valence electrons. The Labute approximate surface area is 96.1 Å². The first-order valence-corrected chi connectivity index (χ1v) is 6.13. The van der Waals surface area contributed by atoms with Gasteiger partial charge >= 0.3 is 0 Å². The van der Waals surface area contributed by atoms with E-state index in [1.807, 2.05) is 0 Å². The van der Waals surface area contributed by atoms with Crippen LogP contribution in [0.3, 0.4) is 0 Å². The fourth-order valence-corrected chi connectivity index (χ4v) is 1.93. The number of nitrogens with one attached hydrogen (secondary N) is 1. The number of H-pyrrole nitrogens is 1. The maximum Gasteiger partial charge on any atom is 0.296 e. The highest BCUT2D eigenvalue weighted by Gasteiger charge is 2.22. The van der Waals surface area contributed by atoms with Crippen LogP contribution in [-0.4, -0.2) is 18.5 Å². The minimum Gasteiger partial charge on any atom is -0.360 e. The molecule has 0 saturated heterocycles. The molecule has 2 aromatic rings. The second kappa shape index (κ2) is 3.79. The second-order valence-electron chi connectivity index (χ2n) is 3.41. The monoisotopic (exact) mass is 252 g/mol. The van der Waals surface area contributed by atoms with Crippen molar-refractivity contribution in [2.75, 3.05) is 0 Å². The SMILES string of the molecule is NS(=O)(=O)C(=O)c1c[nH]c2ccccc2c1=O. The molecule has 0 aliphatic carbocycles. The lowest BCUT2D eigenvalue weighted by Crippen LogP contribution is -2.28. The molecule has 17 heavy (non-hydrogen) atoms. The Bertz CT molecular complexity index is 761. The predicted octanol–water partition coefficient (Wildman–Crippen LogP) is -0.0432. The van der Waals surface area contributed by atoms with Crippen LogP contribution in [-0.2, 0) is 10.0 Å². The molecule has 1 heterocycles. The number of aromatic amines is 1. The first-order valence-electron chi connectivity index (χ1n) is 4.59. The van der Waals surface area contributed by atoms with Crippen molar-refractivity contribution >= 4 is 26.0 Å². The summed E-state index contributed by atoms with van der Waals surface area (Å²) in [6.07, 6.45) is 1.05. The van der Waals surface area contributed by atoms with Gasteiger partial charge in [-0.3, -0.25) is 9.59 Å². The average molecular weight is 252 g/mol. The Hall–Kier alpha value is -1.99. The molecule has 0 bridgehead atoms. The number of carbonyl (C=O) groups is 1. The largest absolute Gasteiger partial charge is 0.360 e. The highest BCUT2D eigenvalue weighted by Crippen LogP contribution is 2.08. The number of aromatic nitrogens is 1. The van der Waals surface area contributed by atoms with Crippen molar-refractivity contribution in [2.45, 2.75) is 0 Å². The van der Waals surface area contributed by atoms with Gasteiger partial charge in [0.05, 0.1) is 5.56 Å². The van der Waals surface area contributed by atoms with E-state index in [1.54, 1.807) is 18.2 Å². The molecule has 0 radical (unpaired) electrons. The maximum absolute atomic E-state index is 11.9. The van der Waals surface area contributed by atoms with Gasteiger partial charge in [-0.05, 0) is 12.1 Å². The molecule has 0 saturated carbocycles. The first kappa shape index (κ1) is 11.5. The second-order valence-corrected chi connectivity index (χ2v) is 4.87. The predicted molar refractivity (Wildman–Crippen MR) is 62.0 cm³/mol. The van der Waals surface area contributed by atoms with Crippen LogP contribution in [0.5, 0.6) is 0 Å². The van der Waals surface area contributed by atoms with E-state index >= 15 is 0 Å². The number of primary sulfonamides is 1. The van der Waals surface area contributed by atoms with Gasteiger partial charge in [-0.15, -0.1) is 0 Å². The molecule has 0 fully saturated rings. The quantitative estimate of drug-likeness (QED) is 0.741. The summed E-state index contributed by atoms with van der Waals surface area (Å²) in [4.78, 5) is 25.9. The number of rotatable bonds is 1. The van der Waals surface area contributed by atoms with Gasteiger partial charge in [0, 0.05) is 17.1 Å². The molecule has 3 N–H and O–H groups in total. The number of hydrogen-bond donors (Lipinski definition) is 2. The third kappa shape index (κ3) is 1.97. The number of pyridine rings is 1. The molecule has 1 aromatic carbocycles. The van der Waals surface area contributed by atoms with E-state index in [9.17, 15) is 18.0 Å². The molecule has 0 aliphatic heterocycles. The van der Waals surface area contributed by atoms with Gasteiger partial charge in [0.25, 0.3) is 15.1 Å². The molecule has 7 heteroatoms. The minimum atomic E-state index is -4.41. The van der Waals surface area contributed by atoms with E-state index in [0.717, 1.165) is 6.20 Å². The van der Waals surface area contributed by atoms with Gasteiger partial charge in [0.15, 0.2) is 0 Å². The lowest BCUT2D eigenvalue weighted by atomic mass is 10.1. The molecular formula is C10H8N2O4S.